The Morgan fingerprint density at radius 1 is 1.00 bits per heavy atom. The summed E-state index contributed by atoms with van der Waals surface area (Å²) in [5.41, 5.74) is 0. The van der Waals surface area contributed by atoms with Gasteiger partial charge in [-0.1, -0.05) is 7.43 Å². The second kappa shape index (κ2) is 19.9. The molecule has 0 unspecified atom stereocenters. The molecule has 0 saturated carbocycles. The number of rotatable bonds is 0. The van der Waals surface area contributed by atoms with Gasteiger partial charge in [0, 0.05) is 0 Å². The van der Waals surface area contributed by atoms with Gasteiger partial charge in [0.25, 0.3) is 0 Å². The van der Waals surface area contributed by atoms with Gasteiger partial charge in [-0.2, -0.15) is 0 Å². The Balaban J connectivity index is 0. The Morgan fingerprint density at radius 2 is 1.00 bits per heavy atom. The smallest absolute Gasteiger partial charge is 0.0149 e. The minimum absolute atomic E-state index is 0. The topological polar surface area (TPSA) is 0 Å². The zero-order valence-electron chi connectivity index (χ0n) is 0. The first-order valence-corrected chi connectivity index (χ1v) is 0. The van der Waals surface area contributed by atoms with E-state index in [4.69, 9.17) is 0 Å². The molecule has 0 fully saturated rings. The van der Waals surface area contributed by atoms with Crippen molar-refractivity contribution in [2.24, 2.45) is 0 Å². The molecule has 0 bridgehead atoms. The predicted molar refractivity (Wildman–Crippen MR) is 36.5 cm³/mol. The van der Waals surface area contributed by atoms with Crippen LogP contribution in [0.25, 0.3) is 0 Å². The zero-order valence-corrected chi connectivity index (χ0v) is 0. The molecule has 0 spiro atoms. The molecule has 0 heterocycles. The molecule has 0 N–H and O–H groups in total. The molecule has 0 saturated heterocycles. The van der Waals surface area contributed by atoms with Crippen LogP contribution >= 0.6 is 0 Å². The van der Waals surface area contributed by atoms with Crippen LogP contribution in [-0.4, -0.2) is 66.1 Å². The van der Waals surface area contributed by atoms with Crippen molar-refractivity contribution >= 4 is 66.1 Å². The Morgan fingerprint density at radius 3 is 1.00 bits per heavy atom. The summed E-state index contributed by atoms with van der Waals surface area (Å²) in [6, 6.07) is 0. The molecule has 0 radical (unpaired) electrons. The van der Waals surface area contributed by atoms with Gasteiger partial charge < -0.3 is 0 Å². The van der Waals surface area contributed by atoms with Crippen molar-refractivity contribution in [3.63, 3.8) is 0 Å². The van der Waals surface area contributed by atoms with E-state index in [0.29, 0.717) is 0 Å². The fourth-order valence-corrected chi connectivity index (χ4v) is 0. The summed E-state index contributed by atoms with van der Waals surface area (Å²) in [4.78, 5) is 0. The standard InChI is InChI=1S/CH4.Al.Ca.H4Si.5H/h1H4;;;1H4;;;;;. The summed E-state index contributed by atoms with van der Waals surface area (Å²) < 4.78 is 0. The molecule has 0 rings (SSSR count). The van der Waals surface area contributed by atoms with E-state index in [9.17, 15) is 0 Å². The number of hydrogen-bond donors (Lipinski definition) is 0. The van der Waals surface area contributed by atoms with E-state index in [2.05, 4.69) is 0 Å². The molecule has 26 valence electrons. The van der Waals surface area contributed by atoms with Crippen molar-refractivity contribution in [1.29, 1.82) is 0 Å². The summed E-state index contributed by atoms with van der Waals surface area (Å²) in [7, 11) is 0. The van der Waals surface area contributed by atoms with Gasteiger partial charge in [-0.3, -0.25) is 0 Å². The van der Waals surface area contributed by atoms with Crippen molar-refractivity contribution in [3.05, 3.63) is 0 Å². The SMILES string of the molecule is C.[AlH3].[CaH2].[SiH4]. The van der Waals surface area contributed by atoms with Crippen molar-refractivity contribution in [3.8, 4) is 0 Å². The molecule has 0 aromatic heterocycles. The van der Waals surface area contributed by atoms with Crippen LogP contribution in [0, 0.1) is 0 Å². The van der Waals surface area contributed by atoms with E-state index in [-0.39, 0.29) is 73.5 Å². The van der Waals surface area contributed by atoms with Gasteiger partial charge in [-0.05, 0) is 11.0 Å². The fourth-order valence-electron chi connectivity index (χ4n) is 0. The Hall–Kier alpha value is 2.01. The molecule has 0 nitrogen and oxygen atoms in total. The zero-order chi connectivity index (χ0) is 0. The maximum Gasteiger partial charge on any atom is -0.0149 e. The van der Waals surface area contributed by atoms with Crippen molar-refractivity contribution < 1.29 is 0 Å². The quantitative estimate of drug-likeness (QED) is 0.301. The van der Waals surface area contributed by atoms with Crippen LogP contribution in [-0.2, 0) is 0 Å². The first kappa shape index (κ1) is 37.4. The van der Waals surface area contributed by atoms with Crippen molar-refractivity contribution in [2.75, 3.05) is 0 Å². The van der Waals surface area contributed by atoms with Gasteiger partial charge in [-0.15, -0.1) is 0 Å². The maximum atomic E-state index is 0. The minimum Gasteiger partial charge on any atom is -0.0149 e. The average Bonchev–Trinajstić information content (AvgIpc) is 0. The summed E-state index contributed by atoms with van der Waals surface area (Å²) >= 11 is 0. The monoisotopic (exact) mass is 120 g/mol. The molecule has 0 amide bonds. The summed E-state index contributed by atoms with van der Waals surface area (Å²) in [5, 5.41) is 0. The van der Waals surface area contributed by atoms with Crippen LogP contribution in [0.2, 0.25) is 0 Å². The van der Waals surface area contributed by atoms with Crippen molar-refractivity contribution in [2.45, 2.75) is 7.43 Å². The summed E-state index contributed by atoms with van der Waals surface area (Å²) in [6.45, 7) is 0. The van der Waals surface area contributed by atoms with E-state index >= 15 is 0 Å². The molecule has 0 aliphatic heterocycles. The molecule has 4 heavy (non-hydrogen) atoms. The molecule has 0 aromatic carbocycles. The van der Waals surface area contributed by atoms with E-state index in [1.54, 1.807) is 0 Å². The summed E-state index contributed by atoms with van der Waals surface area (Å²) in [5.74, 6) is 0. The molecular weight excluding hydrogens is 107 g/mol. The van der Waals surface area contributed by atoms with Crippen LogP contribution in [0.1, 0.15) is 7.43 Å². The second-order valence-corrected chi connectivity index (χ2v) is 0. The van der Waals surface area contributed by atoms with Crippen LogP contribution in [0.4, 0.5) is 0 Å². The Bertz CT molecular complexity index is 8.00. The van der Waals surface area contributed by atoms with Crippen LogP contribution in [0.15, 0.2) is 0 Å². The summed E-state index contributed by atoms with van der Waals surface area (Å²) in [6.07, 6.45) is 0. The van der Waals surface area contributed by atoms with E-state index in [1.807, 2.05) is 0 Å². The molecular formula is CH13AlCaSi. The van der Waals surface area contributed by atoms with Crippen LogP contribution in [0.5, 0.6) is 0 Å². The van der Waals surface area contributed by atoms with Gasteiger partial charge in [0.1, 0.15) is 0 Å². The Labute approximate surface area is 72.5 Å². The van der Waals surface area contributed by atoms with E-state index in [1.165, 1.54) is 0 Å². The van der Waals surface area contributed by atoms with Crippen LogP contribution < -0.4 is 0 Å². The van der Waals surface area contributed by atoms with Crippen LogP contribution in [0.3, 0.4) is 0 Å². The third-order valence-electron chi connectivity index (χ3n) is 0. The van der Waals surface area contributed by atoms with Gasteiger partial charge in [-0.25, -0.2) is 0 Å². The molecule has 0 aliphatic carbocycles. The largest absolute Gasteiger partial charge is 0.0149 e. The van der Waals surface area contributed by atoms with Gasteiger partial charge in [0.15, 0.2) is 17.4 Å². The van der Waals surface area contributed by atoms with Gasteiger partial charge in [0.2, 0.25) is 0 Å². The molecule has 0 aromatic rings. The molecule has 0 aliphatic rings. The predicted octanol–water partition coefficient (Wildman–Crippen LogP) is -2.92. The maximum absolute atomic E-state index is 0. The fraction of sp³-hybridized carbons (Fsp3) is 1.00. The average molecular weight is 120 g/mol. The van der Waals surface area contributed by atoms with E-state index in [0.717, 1.165) is 0 Å². The Kier molecular flexibility index (Phi) is 186. The molecule has 3 heteroatoms. The minimum atomic E-state index is 0. The third kappa shape index (κ3) is 8.99. The third-order valence-corrected chi connectivity index (χ3v) is 0. The van der Waals surface area contributed by atoms with Crippen molar-refractivity contribution in [1.82, 2.24) is 0 Å². The second-order valence-electron chi connectivity index (χ2n) is 0. The van der Waals surface area contributed by atoms with E-state index < -0.39 is 0 Å². The first-order chi connectivity index (χ1) is 0. The van der Waals surface area contributed by atoms with Gasteiger partial charge in [0.05, 0.1) is 0 Å². The first-order valence-electron chi connectivity index (χ1n) is 0. The van der Waals surface area contributed by atoms with Gasteiger partial charge >= 0.3 is 37.7 Å². The number of hydrogen-bond acceptors (Lipinski definition) is 0. The normalized spacial score (nSPS) is 0. The molecule has 0 atom stereocenters.